The third kappa shape index (κ3) is 11.1. The van der Waals surface area contributed by atoms with E-state index in [1.807, 2.05) is 66.4 Å². The maximum Gasteiger partial charge on any atom is 0.410 e. The molecule has 264 valence electrons. The Morgan fingerprint density at radius 2 is 1.49 bits per heavy atom. The van der Waals surface area contributed by atoms with Crippen LogP contribution in [0.15, 0.2) is 104 Å². The Morgan fingerprint density at radius 3 is 1.96 bits per heavy atom. The zero-order chi connectivity index (χ0) is 35.5. The fourth-order valence-corrected chi connectivity index (χ4v) is 8.47. The SMILES string of the molecule is C=CCOC(=O)N1C[C@@H](SC(c2ccccc2)(c2ccccc2)c2ccccc2)C[C@H]1CC(CCNC(=O)OC(C)(C)C)COS(C)(=O)=O. The monoisotopic (exact) mass is 708 g/mol. The Bertz CT molecular complexity index is 1520. The number of ether oxygens (including phenoxy) is 2. The predicted molar refractivity (Wildman–Crippen MR) is 195 cm³/mol. The van der Waals surface area contributed by atoms with E-state index >= 15 is 0 Å². The molecule has 0 bridgehead atoms. The van der Waals surface area contributed by atoms with Crippen molar-refractivity contribution in [2.45, 2.75) is 61.7 Å². The van der Waals surface area contributed by atoms with Crippen LogP contribution in [0.25, 0.3) is 0 Å². The van der Waals surface area contributed by atoms with Crippen LogP contribution in [0.3, 0.4) is 0 Å². The van der Waals surface area contributed by atoms with Gasteiger partial charge in [-0.05, 0) is 62.6 Å². The van der Waals surface area contributed by atoms with Gasteiger partial charge in [-0.3, -0.25) is 4.18 Å². The van der Waals surface area contributed by atoms with E-state index in [1.54, 1.807) is 25.7 Å². The average molecular weight is 709 g/mol. The molecule has 1 fully saturated rings. The lowest BCUT2D eigenvalue weighted by Crippen LogP contribution is -2.39. The molecule has 4 rings (SSSR count). The summed E-state index contributed by atoms with van der Waals surface area (Å²) in [5.74, 6) is -0.296. The van der Waals surface area contributed by atoms with Crippen LogP contribution in [0.5, 0.6) is 0 Å². The van der Waals surface area contributed by atoms with E-state index in [-0.39, 0.29) is 37.0 Å². The molecule has 3 atom stereocenters. The lowest BCUT2D eigenvalue weighted by Gasteiger charge is -2.37. The van der Waals surface area contributed by atoms with Crippen LogP contribution in [0.4, 0.5) is 9.59 Å². The topological polar surface area (TPSA) is 111 Å². The molecule has 1 N–H and O–H groups in total. The van der Waals surface area contributed by atoms with E-state index in [0.29, 0.717) is 25.8 Å². The van der Waals surface area contributed by atoms with Gasteiger partial charge in [-0.15, -0.1) is 11.8 Å². The van der Waals surface area contributed by atoms with Gasteiger partial charge < -0.3 is 19.7 Å². The largest absolute Gasteiger partial charge is 0.445 e. The molecular weight excluding hydrogens is 661 g/mol. The van der Waals surface area contributed by atoms with Crippen LogP contribution in [0.2, 0.25) is 0 Å². The molecule has 0 aromatic heterocycles. The van der Waals surface area contributed by atoms with Gasteiger partial charge in [0.25, 0.3) is 10.1 Å². The minimum Gasteiger partial charge on any atom is -0.445 e. The summed E-state index contributed by atoms with van der Waals surface area (Å²) in [6.07, 6.45) is 3.04. The van der Waals surface area contributed by atoms with Crippen LogP contribution in [0.1, 0.15) is 56.7 Å². The number of carbonyl (C=O) groups is 2. The highest BCUT2D eigenvalue weighted by Crippen LogP contribution is 2.52. The van der Waals surface area contributed by atoms with Crippen molar-refractivity contribution < 1.29 is 31.7 Å². The van der Waals surface area contributed by atoms with Gasteiger partial charge in [0.1, 0.15) is 12.2 Å². The summed E-state index contributed by atoms with van der Waals surface area (Å²) < 4.78 is 39.6. The highest BCUT2D eigenvalue weighted by Gasteiger charge is 2.45. The Kier molecular flexibility index (Phi) is 13.4. The van der Waals surface area contributed by atoms with Crippen molar-refractivity contribution in [3.05, 3.63) is 120 Å². The number of carbonyl (C=O) groups excluding carboxylic acids is 2. The molecule has 49 heavy (non-hydrogen) atoms. The summed E-state index contributed by atoms with van der Waals surface area (Å²) in [7, 11) is -3.72. The van der Waals surface area contributed by atoms with Crippen LogP contribution in [-0.4, -0.2) is 75.0 Å². The second-order valence-electron chi connectivity index (χ2n) is 13.2. The third-order valence-corrected chi connectivity index (χ3v) is 10.5. The van der Waals surface area contributed by atoms with Crippen molar-refractivity contribution in [2.75, 3.05) is 32.6 Å². The van der Waals surface area contributed by atoms with E-state index in [2.05, 4.69) is 48.3 Å². The zero-order valence-corrected chi connectivity index (χ0v) is 30.4. The lowest BCUT2D eigenvalue weighted by atomic mass is 9.84. The van der Waals surface area contributed by atoms with Gasteiger partial charge in [0.15, 0.2) is 0 Å². The summed E-state index contributed by atoms with van der Waals surface area (Å²) >= 11 is 1.81. The molecule has 0 spiro atoms. The van der Waals surface area contributed by atoms with Crippen molar-refractivity contribution in [3.8, 4) is 0 Å². The number of hydrogen-bond donors (Lipinski definition) is 1. The molecule has 0 saturated carbocycles. The number of nitrogens with zero attached hydrogens (tertiary/aromatic N) is 1. The molecule has 1 unspecified atom stereocenters. The first-order valence-corrected chi connectivity index (χ1v) is 19.2. The Labute approximate surface area is 295 Å². The van der Waals surface area contributed by atoms with Gasteiger partial charge in [-0.1, -0.05) is 104 Å². The van der Waals surface area contributed by atoms with Crippen molar-refractivity contribution in [1.29, 1.82) is 0 Å². The first-order valence-electron chi connectivity index (χ1n) is 16.5. The molecule has 9 nitrogen and oxygen atoms in total. The van der Waals surface area contributed by atoms with E-state index < -0.39 is 32.7 Å². The molecule has 3 aromatic rings. The molecule has 1 saturated heterocycles. The van der Waals surface area contributed by atoms with E-state index in [4.69, 9.17) is 13.7 Å². The van der Waals surface area contributed by atoms with E-state index in [0.717, 1.165) is 22.9 Å². The zero-order valence-electron chi connectivity index (χ0n) is 28.7. The minimum atomic E-state index is -3.72. The van der Waals surface area contributed by atoms with Gasteiger partial charge in [0.05, 0.1) is 17.6 Å². The fraction of sp³-hybridized carbons (Fsp3) is 0.421. The second-order valence-corrected chi connectivity index (χ2v) is 16.4. The normalized spacial score (nSPS) is 17.3. The van der Waals surface area contributed by atoms with Crippen LogP contribution in [-0.2, 0) is 28.5 Å². The number of nitrogens with one attached hydrogen (secondary N) is 1. The molecule has 2 amide bonds. The summed E-state index contributed by atoms with van der Waals surface area (Å²) in [6.45, 7) is 9.70. The quantitative estimate of drug-likeness (QED) is 0.0990. The van der Waals surface area contributed by atoms with Crippen molar-refractivity contribution in [3.63, 3.8) is 0 Å². The number of rotatable bonds is 15. The summed E-state index contributed by atoms with van der Waals surface area (Å²) in [5.41, 5.74) is 2.71. The lowest BCUT2D eigenvalue weighted by molar-refractivity contribution is 0.0521. The van der Waals surface area contributed by atoms with Crippen LogP contribution < -0.4 is 5.32 Å². The number of alkyl carbamates (subject to hydrolysis) is 1. The molecule has 1 aliphatic rings. The number of hydrogen-bond acceptors (Lipinski definition) is 8. The summed E-state index contributed by atoms with van der Waals surface area (Å²) in [5, 5.41) is 2.75. The van der Waals surface area contributed by atoms with E-state index in [9.17, 15) is 18.0 Å². The molecule has 1 heterocycles. The molecule has 0 radical (unpaired) electrons. The molecule has 0 aliphatic carbocycles. The average Bonchev–Trinajstić information content (AvgIpc) is 3.46. The van der Waals surface area contributed by atoms with Gasteiger partial charge in [-0.25, -0.2) is 9.59 Å². The van der Waals surface area contributed by atoms with Crippen molar-refractivity contribution in [2.24, 2.45) is 5.92 Å². The Balaban J connectivity index is 1.66. The number of likely N-dealkylation sites (tertiary alicyclic amines) is 1. The highest BCUT2D eigenvalue weighted by atomic mass is 32.2. The smallest absolute Gasteiger partial charge is 0.410 e. The first-order chi connectivity index (χ1) is 23.3. The Hall–Kier alpha value is -3.80. The maximum absolute atomic E-state index is 13.5. The van der Waals surface area contributed by atoms with Gasteiger partial charge in [0.2, 0.25) is 0 Å². The maximum atomic E-state index is 13.5. The molecule has 1 aliphatic heterocycles. The standard InChI is InChI=1S/C38H48N2O7S2/c1-6-24-45-36(42)40-27-34(26-33(40)25-29(28-46-49(5,43)44)22-23-39-35(41)47-37(2,3)4)48-38(30-16-10-7-11-17-30,31-18-12-8-13-19-31)32-20-14-9-15-21-32/h6-21,29,33-34H,1,22-28H2,2-5H3,(H,39,41)/t29?,33-,34+/m1/s1. The number of amides is 2. The molecular formula is C38H48N2O7S2. The third-order valence-electron chi connectivity index (χ3n) is 8.16. The molecule has 3 aromatic carbocycles. The van der Waals surface area contributed by atoms with Gasteiger partial charge in [0, 0.05) is 24.4 Å². The van der Waals surface area contributed by atoms with Crippen molar-refractivity contribution in [1.82, 2.24) is 10.2 Å². The fourth-order valence-electron chi connectivity index (χ4n) is 6.16. The van der Waals surface area contributed by atoms with E-state index in [1.165, 1.54) is 6.08 Å². The molecule has 11 heteroatoms. The predicted octanol–water partition coefficient (Wildman–Crippen LogP) is 7.37. The van der Waals surface area contributed by atoms with Gasteiger partial charge >= 0.3 is 12.2 Å². The number of benzene rings is 3. The van der Waals surface area contributed by atoms with Crippen LogP contribution in [0, 0.1) is 5.92 Å². The highest BCUT2D eigenvalue weighted by molar-refractivity contribution is 8.01. The van der Waals surface area contributed by atoms with Crippen LogP contribution >= 0.6 is 11.8 Å². The van der Waals surface area contributed by atoms with Gasteiger partial charge in [-0.2, -0.15) is 8.42 Å². The number of thioether (sulfide) groups is 1. The first kappa shape index (κ1) is 38.0. The summed E-state index contributed by atoms with van der Waals surface area (Å²) in [6, 6.07) is 30.9. The van der Waals surface area contributed by atoms with Crippen molar-refractivity contribution >= 4 is 34.1 Å². The second kappa shape index (κ2) is 17.2. The summed E-state index contributed by atoms with van der Waals surface area (Å²) in [4.78, 5) is 27.6. The minimum absolute atomic E-state index is 0.0155. The Morgan fingerprint density at radius 1 is 0.959 bits per heavy atom.